The molecular formula is C15H29NO. The van der Waals surface area contributed by atoms with Crippen molar-refractivity contribution in [3.63, 3.8) is 0 Å². The molecule has 0 spiro atoms. The molecule has 0 aliphatic heterocycles. The van der Waals surface area contributed by atoms with Crippen molar-refractivity contribution in [3.05, 3.63) is 11.6 Å². The van der Waals surface area contributed by atoms with Gasteiger partial charge in [0.15, 0.2) is 0 Å². The molecule has 0 aromatic heterocycles. The zero-order valence-corrected chi connectivity index (χ0v) is 12.2. The third-order valence-electron chi connectivity index (χ3n) is 3.48. The van der Waals surface area contributed by atoms with E-state index in [2.05, 4.69) is 27.7 Å². The van der Waals surface area contributed by atoms with E-state index in [1.165, 1.54) is 25.7 Å². The number of amides is 1. The van der Waals surface area contributed by atoms with Crippen molar-refractivity contribution in [2.45, 2.75) is 66.7 Å². The summed E-state index contributed by atoms with van der Waals surface area (Å²) < 4.78 is 0. The van der Waals surface area contributed by atoms with Crippen LogP contribution in [0.2, 0.25) is 0 Å². The molecule has 0 saturated heterocycles. The number of rotatable bonds is 7. The van der Waals surface area contributed by atoms with Gasteiger partial charge in [-0.2, -0.15) is 0 Å². The monoisotopic (exact) mass is 239 g/mol. The molecule has 0 radical (unpaired) electrons. The molecule has 0 saturated carbocycles. The van der Waals surface area contributed by atoms with Crippen molar-refractivity contribution in [1.29, 1.82) is 0 Å². The summed E-state index contributed by atoms with van der Waals surface area (Å²) in [5.74, 6) is 0.328. The van der Waals surface area contributed by atoms with Gasteiger partial charge in [0, 0.05) is 5.57 Å². The van der Waals surface area contributed by atoms with E-state index in [-0.39, 0.29) is 5.91 Å². The topological polar surface area (TPSA) is 43.1 Å². The number of primary amides is 1. The Morgan fingerprint density at radius 1 is 1.29 bits per heavy atom. The molecule has 0 rings (SSSR count). The minimum atomic E-state index is -0.300. The Morgan fingerprint density at radius 3 is 2.29 bits per heavy atom. The molecule has 0 aromatic carbocycles. The molecule has 0 aliphatic carbocycles. The van der Waals surface area contributed by atoms with Crippen molar-refractivity contribution < 1.29 is 4.79 Å². The highest BCUT2D eigenvalue weighted by Gasteiger charge is 2.23. The highest BCUT2D eigenvalue weighted by molar-refractivity contribution is 5.91. The van der Waals surface area contributed by atoms with Crippen molar-refractivity contribution in [3.8, 4) is 0 Å². The van der Waals surface area contributed by atoms with E-state index >= 15 is 0 Å². The molecule has 1 atom stereocenters. The number of nitrogens with two attached hydrogens (primary N) is 1. The maximum absolute atomic E-state index is 11.0. The lowest BCUT2D eigenvalue weighted by molar-refractivity contribution is -0.114. The Balaban J connectivity index is 4.40. The van der Waals surface area contributed by atoms with E-state index in [0.717, 1.165) is 6.42 Å². The van der Waals surface area contributed by atoms with Gasteiger partial charge >= 0.3 is 0 Å². The summed E-state index contributed by atoms with van der Waals surface area (Å²) in [7, 11) is 0. The summed E-state index contributed by atoms with van der Waals surface area (Å²) in [4.78, 5) is 11.0. The normalized spacial score (nSPS) is 14.8. The second kappa shape index (κ2) is 7.52. The van der Waals surface area contributed by atoms with E-state index < -0.39 is 0 Å². The number of allylic oxidation sites excluding steroid dienone is 1. The summed E-state index contributed by atoms with van der Waals surface area (Å²) in [5, 5.41) is 0. The van der Waals surface area contributed by atoms with Crippen molar-refractivity contribution in [2.75, 3.05) is 0 Å². The smallest absolute Gasteiger partial charge is 0.244 e. The number of carbonyl (C=O) groups is 1. The molecule has 2 nitrogen and oxygen atoms in total. The highest BCUT2D eigenvalue weighted by Crippen LogP contribution is 2.33. The van der Waals surface area contributed by atoms with Gasteiger partial charge in [0.2, 0.25) is 5.91 Å². The molecule has 0 fully saturated rings. The number of hydrogen-bond acceptors (Lipinski definition) is 1. The van der Waals surface area contributed by atoms with Crippen LogP contribution in [0.1, 0.15) is 66.7 Å². The molecule has 2 N–H and O–H groups in total. The maximum atomic E-state index is 11.0. The first-order chi connectivity index (χ1) is 7.79. The van der Waals surface area contributed by atoms with E-state index in [4.69, 9.17) is 5.73 Å². The predicted molar refractivity (Wildman–Crippen MR) is 74.7 cm³/mol. The van der Waals surface area contributed by atoms with Gasteiger partial charge in [-0.1, -0.05) is 53.0 Å². The SMILES string of the molecule is CCCCCC(C/C=C(\C)C(N)=O)C(C)(C)C. The number of hydrogen-bond donors (Lipinski definition) is 1. The van der Waals surface area contributed by atoms with Crippen LogP contribution >= 0.6 is 0 Å². The van der Waals surface area contributed by atoms with Crippen LogP contribution in [0.15, 0.2) is 11.6 Å². The van der Waals surface area contributed by atoms with Crippen LogP contribution in [0.25, 0.3) is 0 Å². The fourth-order valence-corrected chi connectivity index (χ4v) is 1.96. The summed E-state index contributed by atoms with van der Waals surface area (Å²) in [6, 6.07) is 0. The van der Waals surface area contributed by atoms with Crippen LogP contribution in [-0.4, -0.2) is 5.91 Å². The van der Waals surface area contributed by atoms with Crippen LogP contribution in [0.5, 0.6) is 0 Å². The first-order valence-electron chi connectivity index (χ1n) is 6.75. The largest absolute Gasteiger partial charge is 0.366 e. The quantitative estimate of drug-likeness (QED) is 0.528. The van der Waals surface area contributed by atoms with Crippen molar-refractivity contribution in [2.24, 2.45) is 17.1 Å². The molecule has 0 aliphatic rings. The standard InChI is InChI=1S/C15H29NO/c1-6-7-8-9-13(15(3,4)5)11-10-12(2)14(16)17/h10,13H,6-9,11H2,1-5H3,(H2,16,17)/b12-10+. The molecule has 100 valence electrons. The lowest BCUT2D eigenvalue weighted by atomic mass is 9.75. The fraction of sp³-hybridized carbons (Fsp3) is 0.800. The molecule has 0 bridgehead atoms. The van der Waals surface area contributed by atoms with Gasteiger partial charge in [-0.3, -0.25) is 4.79 Å². The first-order valence-corrected chi connectivity index (χ1v) is 6.75. The molecule has 1 amide bonds. The summed E-state index contributed by atoms with van der Waals surface area (Å²) in [6.45, 7) is 10.8. The molecule has 0 heterocycles. The second-order valence-electron chi connectivity index (χ2n) is 6.05. The van der Waals surface area contributed by atoms with Crippen LogP contribution in [0, 0.1) is 11.3 Å². The van der Waals surface area contributed by atoms with Crippen LogP contribution < -0.4 is 5.73 Å². The summed E-state index contributed by atoms with van der Waals surface area (Å²) in [5.41, 5.74) is 6.23. The minimum Gasteiger partial charge on any atom is -0.366 e. The predicted octanol–water partition coefficient (Wildman–Crippen LogP) is 4.05. The van der Waals surface area contributed by atoms with E-state index in [0.29, 0.717) is 16.9 Å². The van der Waals surface area contributed by atoms with E-state index in [1.54, 1.807) is 6.92 Å². The van der Waals surface area contributed by atoms with Gasteiger partial charge in [0.1, 0.15) is 0 Å². The van der Waals surface area contributed by atoms with Crippen LogP contribution in [0.3, 0.4) is 0 Å². The average Bonchev–Trinajstić information content (AvgIpc) is 2.20. The lowest BCUT2D eigenvalue weighted by Gasteiger charge is -2.30. The van der Waals surface area contributed by atoms with Crippen molar-refractivity contribution in [1.82, 2.24) is 0 Å². The van der Waals surface area contributed by atoms with Crippen LogP contribution in [-0.2, 0) is 4.79 Å². The molecular weight excluding hydrogens is 210 g/mol. The lowest BCUT2D eigenvalue weighted by Crippen LogP contribution is -2.20. The molecule has 2 heteroatoms. The minimum absolute atomic E-state index is 0.294. The Morgan fingerprint density at radius 2 is 1.88 bits per heavy atom. The van der Waals surface area contributed by atoms with Gasteiger partial charge in [0.05, 0.1) is 0 Å². The van der Waals surface area contributed by atoms with Gasteiger partial charge in [-0.25, -0.2) is 0 Å². The van der Waals surface area contributed by atoms with Crippen molar-refractivity contribution >= 4 is 5.91 Å². The summed E-state index contributed by atoms with van der Waals surface area (Å²) in [6.07, 6.45) is 8.03. The Hall–Kier alpha value is -0.790. The Bertz CT molecular complexity index is 261. The first kappa shape index (κ1) is 16.2. The van der Waals surface area contributed by atoms with Gasteiger partial charge in [-0.15, -0.1) is 0 Å². The van der Waals surface area contributed by atoms with E-state index in [9.17, 15) is 4.79 Å². The zero-order chi connectivity index (χ0) is 13.5. The second-order valence-corrected chi connectivity index (χ2v) is 6.05. The zero-order valence-electron chi connectivity index (χ0n) is 12.2. The summed E-state index contributed by atoms with van der Waals surface area (Å²) >= 11 is 0. The van der Waals surface area contributed by atoms with Gasteiger partial charge < -0.3 is 5.73 Å². The van der Waals surface area contributed by atoms with Crippen LogP contribution in [0.4, 0.5) is 0 Å². The third-order valence-corrected chi connectivity index (χ3v) is 3.48. The molecule has 1 unspecified atom stereocenters. The highest BCUT2D eigenvalue weighted by atomic mass is 16.1. The Kier molecular flexibility index (Phi) is 7.17. The molecule has 17 heavy (non-hydrogen) atoms. The number of unbranched alkanes of at least 4 members (excludes halogenated alkanes) is 2. The van der Waals surface area contributed by atoms with E-state index in [1.807, 2.05) is 6.08 Å². The number of carbonyl (C=O) groups excluding carboxylic acids is 1. The Labute approximate surface area is 107 Å². The average molecular weight is 239 g/mol. The van der Waals surface area contributed by atoms with Gasteiger partial charge in [0.25, 0.3) is 0 Å². The third kappa shape index (κ3) is 7.19. The fourth-order valence-electron chi connectivity index (χ4n) is 1.96. The van der Waals surface area contributed by atoms with Gasteiger partial charge in [-0.05, 0) is 31.1 Å². The molecule has 0 aromatic rings. The maximum Gasteiger partial charge on any atom is 0.244 e.